The van der Waals surface area contributed by atoms with E-state index >= 15 is 0 Å². The van der Waals surface area contributed by atoms with E-state index < -0.39 is 36.4 Å². The van der Waals surface area contributed by atoms with Crippen molar-refractivity contribution < 1.29 is 78.7 Å². The largest absolute Gasteiger partial charge is 0.490 e. The maximum absolute atomic E-state index is 10.6. The lowest BCUT2D eigenvalue weighted by molar-refractivity contribution is -0.193. The maximum Gasteiger partial charge on any atom is 0.490 e. The molecule has 2 fully saturated rings. The lowest BCUT2D eigenvalue weighted by Gasteiger charge is -2.29. The molecule has 2 aromatic rings. The van der Waals surface area contributed by atoms with E-state index in [1.54, 1.807) is 19.5 Å². The summed E-state index contributed by atoms with van der Waals surface area (Å²) in [6.45, 7) is 4.64. The number of alkyl halides is 9. The Kier molecular flexibility index (Phi) is 15.3. The monoisotopic (exact) mass is 695 g/mol. The first-order chi connectivity index (χ1) is 21.6. The van der Waals surface area contributed by atoms with Crippen molar-refractivity contribution >= 4 is 17.9 Å². The number of aliphatic carboxylic acids is 3. The summed E-state index contributed by atoms with van der Waals surface area (Å²) in [6, 6.07) is 8.15. The molecule has 47 heavy (non-hydrogen) atoms. The van der Waals surface area contributed by atoms with Gasteiger partial charge in [-0.15, -0.1) is 0 Å². The lowest BCUT2D eigenvalue weighted by atomic mass is 9.81. The average molecular weight is 696 g/mol. The van der Waals surface area contributed by atoms with Gasteiger partial charge < -0.3 is 24.8 Å². The van der Waals surface area contributed by atoms with Crippen LogP contribution in [-0.2, 0) is 32.3 Å². The van der Waals surface area contributed by atoms with Crippen LogP contribution in [-0.4, -0.2) is 93.4 Å². The number of halogens is 9. The number of rotatable bonds is 7. The molecule has 0 unspecified atom stereocenters. The van der Waals surface area contributed by atoms with Crippen LogP contribution in [0.1, 0.15) is 30.4 Å². The second-order valence-electron chi connectivity index (χ2n) is 10.1. The van der Waals surface area contributed by atoms with Gasteiger partial charge >= 0.3 is 36.4 Å². The minimum atomic E-state index is -5.08. The van der Waals surface area contributed by atoms with Crippen molar-refractivity contribution in [2.45, 2.75) is 50.9 Å². The minimum absolute atomic E-state index is 0.303. The Morgan fingerprint density at radius 2 is 1.45 bits per heavy atom. The highest BCUT2D eigenvalue weighted by Gasteiger charge is 2.49. The highest BCUT2D eigenvalue weighted by molar-refractivity contribution is 5.73. The van der Waals surface area contributed by atoms with Gasteiger partial charge in [0, 0.05) is 49.2 Å². The Bertz CT molecular complexity index is 1240. The number of methoxy groups -OCH3 is 1. The van der Waals surface area contributed by atoms with E-state index in [1.165, 1.54) is 24.8 Å². The Morgan fingerprint density at radius 1 is 0.915 bits per heavy atom. The molecule has 0 spiro atoms. The number of fused-ring (bicyclic) bond motifs is 1. The zero-order chi connectivity index (χ0) is 36.1. The van der Waals surface area contributed by atoms with Gasteiger partial charge in [-0.2, -0.15) is 39.5 Å². The van der Waals surface area contributed by atoms with Crippen LogP contribution in [0.25, 0.3) is 0 Å². The van der Waals surface area contributed by atoms with Gasteiger partial charge in [0.15, 0.2) is 0 Å². The van der Waals surface area contributed by atoms with Crippen LogP contribution in [0.2, 0.25) is 0 Å². The number of nitrogens with zero attached hydrogens (tertiary/aromatic N) is 3. The zero-order valence-corrected chi connectivity index (χ0v) is 24.4. The van der Waals surface area contributed by atoms with Crippen molar-refractivity contribution in [2.75, 3.05) is 26.8 Å². The molecule has 1 saturated heterocycles. The van der Waals surface area contributed by atoms with Gasteiger partial charge in [-0.1, -0.05) is 18.6 Å². The van der Waals surface area contributed by atoms with Crippen molar-refractivity contribution in [3.63, 3.8) is 0 Å². The summed E-state index contributed by atoms with van der Waals surface area (Å²) < 4.78 is 107. The minimum Gasteiger partial charge on any atom is -0.481 e. The van der Waals surface area contributed by atoms with Crippen LogP contribution in [0.4, 0.5) is 39.5 Å². The first-order valence-corrected chi connectivity index (χ1v) is 13.2. The second kappa shape index (κ2) is 17.6. The molecule has 0 amide bonds. The Balaban J connectivity index is 0.000000430. The second-order valence-corrected chi connectivity index (χ2v) is 10.1. The van der Waals surface area contributed by atoms with E-state index in [4.69, 9.17) is 39.2 Å². The Hall–Kier alpha value is -4.20. The van der Waals surface area contributed by atoms with Crippen molar-refractivity contribution in [3.8, 4) is 5.88 Å². The summed E-state index contributed by atoms with van der Waals surface area (Å²) in [5.41, 5.74) is 2.62. The number of likely N-dealkylation sites (tertiary alicyclic amines) is 1. The molecule has 20 heteroatoms. The first-order valence-electron chi connectivity index (χ1n) is 13.2. The predicted molar refractivity (Wildman–Crippen MR) is 141 cm³/mol. The van der Waals surface area contributed by atoms with Crippen molar-refractivity contribution in [1.29, 1.82) is 0 Å². The standard InChI is InChI=1S/C21H27N3O2.3C2HF3O2/c1-25-20-18(6-4-10-23-20)12-24-13-19-7-2-8-21(19,15-24)16-26-14-17-5-3-9-22-11-17;3*3-2(4,5)1(6)7/h3-6,9-11,19H,2,7-8,12-16H2,1H3;3*(H,6,7)/t19-,21+;;;/m1.../s1. The van der Waals surface area contributed by atoms with Crippen molar-refractivity contribution in [1.82, 2.24) is 14.9 Å². The van der Waals surface area contributed by atoms with E-state index in [0.29, 0.717) is 12.0 Å². The first kappa shape index (κ1) is 40.8. The number of hydrogen-bond donors (Lipinski definition) is 3. The van der Waals surface area contributed by atoms with E-state index in [9.17, 15) is 39.5 Å². The fourth-order valence-electron chi connectivity index (χ4n) is 4.71. The van der Waals surface area contributed by atoms with E-state index in [-0.39, 0.29) is 0 Å². The third-order valence-electron chi connectivity index (χ3n) is 6.66. The summed E-state index contributed by atoms with van der Waals surface area (Å²) in [7, 11) is 1.69. The van der Waals surface area contributed by atoms with Gasteiger partial charge in [-0.05, 0) is 36.5 Å². The zero-order valence-electron chi connectivity index (χ0n) is 24.4. The maximum atomic E-state index is 10.6. The summed E-state index contributed by atoms with van der Waals surface area (Å²) in [5.74, 6) is -6.79. The third-order valence-corrected chi connectivity index (χ3v) is 6.66. The highest BCUT2D eigenvalue weighted by Crippen LogP contribution is 2.49. The molecular weight excluding hydrogens is 665 g/mol. The van der Waals surface area contributed by atoms with Crippen LogP contribution < -0.4 is 4.74 Å². The molecule has 0 aromatic carbocycles. The highest BCUT2D eigenvalue weighted by atomic mass is 19.4. The SMILES string of the molecule is COc1ncccc1CN1C[C@H]2CCC[C@@]2(COCc2cccnc2)C1.O=C(O)C(F)(F)F.O=C(O)C(F)(F)F.O=C(O)C(F)(F)F. The number of carboxylic acids is 3. The average Bonchev–Trinajstić information content (AvgIpc) is 3.50. The smallest absolute Gasteiger partial charge is 0.481 e. The number of aromatic nitrogens is 2. The third kappa shape index (κ3) is 14.4. The molecule has 0 radical (unpaired) electrons. The van der Waals surface area contributed by atoms with Gasteiger partial charge in [0.25, 0.3) is 0 Å². The molecule has 1 aliphatic carbocycles. The van der Waals surface area contributed by atoms with E-state index in [0.717, 1.165) is 43.6 Å². The molecule has 0 bridgehead atoms. The summed E-state index contributed by atoms with van der Waals surface area (Å²) in [4.78, 5) is 37.7. The van der Waals surface area contributed by atoms with Gasteiger partial charge in [0.2, 0.25) is 5.88 Å². The number of carboxylic acid groups (broad SMARTS) is 3. The number of ether oxygens (including phenoxy) is 2. The molecule has 264 valence electrons. The van der Waals surface area contributed by atoms with Crippen LogP contribution in [0.15, 0.2) is 42.9 Å². The Morgan fingerprint density at radius 3 is 1.91 bits per heavy atom. The van der Waals surface area contributed by atoms with Crippen LogP contribution in [0.5, 0.6) is 5.88 Å². The van der Waals surface area contributed by atoms with Crippen LogP contribution in [0, 0.1) is 11.3 Å². The molecular formula is C27H30F9N3O8. The fraction of sp³-hybridized carbons (Fsp3) is 0.519. The summed E-state index contributed by atoms with van der Waals surface area (Å²) in [6.07, 6.45) is -5.86. The summed E-state index contributed by atoms with van der Waals surface area (Å²) >= 11 is 0. The topological polar surface area (TPSA) is 159 Å². The quantitative estimate of drug-likeness (QED) is 0.327. The summed E-state index contributed by atoms with van der Waals surface area (Å²) in [5, 5.41) is 21.4. The van der Waals surface area contributed by atoms with Crippen LogP contribution >= 0.6 is 0 Å². The van der Waals surface area contributed by atoms with E-state index in [1.807, 2.05) is 18.3 Å². The van der Waals surface area contributed by atoms with Gasteiger partial charge in [-0.3, -0.25) is 9.88 Å². The molecule has 1 saturated carbocycles. The lowest BCUT2D eigenvalue weighted by Crippen LogP contribution is -2.32. The Labute approximate surface area is 260 Å². The van der Waals surface area contributed by atoms with E-state index in [2.05, 4.69) is 27.0 Å². The normalized spacial score (nSPS) is 19.1. The molecule has 2 aromatic heterocycles. The van der Waals surface area contributed by atoms with Gasteiger partial charge in [-0.25, -0.2) is 19.4 Å². The van der Waals surface area contributed by atoms with Gasteiger partial charge in [0.1, 0.15) is 0 Å². The molecule has 3 heterocycles. The van der Waals surface area contributed by atoms with Crippen LogP contribution in [0.3, 0.4) is 0 Å². The molecule has 2 aliphatic rings. The molecule has 1 aliphatic heterocycles. The fourth-order valence-corrected chi connectivity index (χ4v) is 4.71. The van der Waals surface area contributed by atoms with Gasteiger partial charge in [0.05, 0.1) is 20.3 Å². The molecule has 11 nitrogen and oxygen atoms in total. The molecule has 4 rings (SSSR count). The van der Waals surface area contributed by atoms with Crippen molar-refractivity contribution in [2.24, 2.45) is 11.3 Å². The number of hydrogen-bond acceptors (Lipinski definition) is 8. The predicted octanol–water partition coefficient (Wildman–Crippen LogP) is 5.20. The van der Waals surface area contributed by atoms with Crippen molar-refractivity contribution in [3.05, 3.63) is 54.0 Å². The number of carbonyl (C=O) groups is 3. The number of pyridine rings is 2. The molecule has 2 atom stereocenters. The molecule has 3 N–H and O–H groups in total.